The molecule has 1 N–H and O–H groups in total. The normalized spacial score (nSPS) is 33.5. The molecule has 2 bridgehead atoms. The largest absolute Gasteiger partial charge is 0.461 e. The predicted molar refractivity (Wildman–Crippen MR) is 230 cm³/mol. The van der Waals surface area contributed by atoms with E-state index in [0.29, 0.717) is 45.1 Å². The Balaban J connectivity index is 1.89. The summed E-state index contributed by atoms with van der Waals surface area (Å²) in [7, 11) is 8.20. The fourth-order valence-electron chi connectivity index (χ4n) is 8.79. The number of methoxy groups -OCH3 is 4. The molecule has 0 saturated carbocycles. The molecule has 1 amide bonds. The molecule has 346 valence electrons. The van der Waals surface area contributed by atoms with Gasteiger partial charge in [0.2, 0.25) is 6.41 Å². The zero-order valence-corrected chi connectivity index (χ0v) is 38.7. The van der Waals surface area contributed by atoms with Crippen molar-refractivity contribution in [1.82, 2.24) is 4.90 Å². The number of fused-ring (bicyclic) bond motifs is 2. The van der Waals surface area contributed by atoms with E-state index in [4.69, 9.17) is 37.9 Å². The summed E-state index contributed by atoms with van der Waals surface area (Å²) >= 11 is 0. The maximum atomic E-state index is 13.6. The average Bonchev–Trinajstić information content (AvgIpc) is 4.06. The first-order chi connectivity index (χ1) is 28.9. The molecular weight excluding hydrogens is 787 g/mol. The number of hydrogen-bond acceptors (Lipinski definition) is 13. The molecule has 3 rings (SSSR count). The van der Waals surface area contributed by atoms with Gasteiger partial charge in [-0.25, -0.2) is 4.79 Å². The van der Waals surface area contributed by atoms with Crippen molar-refractivity contribution in [2.45, 2.75) is 154 Å². The second-order valence-corrected chi connectivity index (χ2v) is 17.4. The number of ether oxygens (including phenoxy) is 8. The predicted octanol–water partition coefficient (Wildman–Crippen LogP) is 5.94. The van der Waals surface area contributed by atoms with E-state index in [2.05, 4.69) is 12.2 Å². The third-order valence-corrected chi connectivity index (χ3v) is 12.9. The Kier molecular flexibility index (Phi) is 21.5. The first-order valence-corrected chi connectivity index (χ1v) is 21.8. The number of ketones is 1. The number of amides is 1. The highest BCUT2D eigenvalue weighted by Gasteiger charge is 2.59. The number of hydrogen-bond donors (Lipinski definition) is 1. The number of nitrogens with zero attached hydrogens (tertiary/aromatic N) is 1. The third-order valence-electron chi connectivity index (χ3n) is 12.9. The highest BCUT2D eigenvalue weighted by molar-refractivity contribution is 5.83. The number of carbonyl (C=O) groups excluding carboxylic acids is 4. The van der Waals surface area contributed by atoms with Gasteiger partial charge in [0.1, 0.15) is 23.6 Å². The van der Waals surface area contributed by atoms with Gasteiger partial charge >= 0.3 is 11.9 Å². The molecule has 1 fully saturated rings. The van der Waals surface area contributed by atoms with Gasteiger partial charge in [-0.15, -0.1) is 0 Å². The summed E-state index contributed by atoms with van der Waals surface area (Å²) in [4.78, 5) is 51.7. The van der Waals surface area contributed by atoms with E-state index in [1.54, 1.807) is 60.8 Å². The maximum absolute atomic E-state index is 13.6. The fraction of sp³-hybridized carbons (Fsp3) is 0.745. The number of Topliss-reactive ketones (excluding diaryl/α,β-unsaturated/α-hetero) is 1. The van der Waals surface area contributed by atoms with Gasteiger partial charge < -0.3 is 47.9 Å². The van der Waals surface area contributed by atoms with Gasteiger partial charge in [-0.3, -0.25) is 14.4 Å². The molecule has 0 aliphatic carbocycles. The van der Waals surface area contributed by atoms with Crippen molar-refractivity contribution in [2.75, 3.05) is 42.1 Å². The van der Waals surface area contributed by atoms with Crippen LogP contribution in [0.1, 0.15) is 93.4 Å². The molecule has 3 aliphatic rings. The van der Waals surface area contributed by atoms with Gasteiger partial charge in [0.05, 0.1) is 55.3 Å². The van der Waals surface area contributed by atoms with Crippen molar-refractivity contribution in [1.29, 1.82) is 0 Å². The molecule has 0 unspecified atom stereocenters. The highest BCUT2D eigenvalue weighted by atomic mass is 16.6. The van der Waals surface area contributed by atoms with E-state index in [-0.39, 0.29) is 48.5 Å². The maximum Gasteiger partial charge on any atom is 0.331 e. The molecule has 14 nitrogen and oxygen atoms in total. The summed E-state index contributed by atoms with van der Waals surface area (Å²) in [5, 5.41) is 11.9. The summed E-state index contributed by atoms with van der Waals surface area (Å²) in [5.41, 5.74) is 0.117. The second kappa shape index (κ2) is 25.2. The quantitative estimate of drug-likeness (QED) is 0.0790. The molecule has 3 heterocycles. The second-order valence-electron chi connectivity index (χ2n) is 17.4. The number of carbonyl (C=O) groups is 4. The Morgan fingerprint density at radius 2 is 1.67 bits per heavy atom. The molecule has 0 radical (unpaired) electrons. The topological polar surface area (TPSA) is 169 Å². The number of esters is 2. The van der Waals surface area contributed by atoms with Crippen LogP contribution in [0.25, 0.3) is 0 Å². The van der Waals surface area contributed by atoms with Crippen LogP contribution in [0, 0.1) is 29.6 Å². The molecule has 61 heavy (non-hydrogen) atoms. The SMILES string of the molecule is CO[C@H]1C/C=C(C)\C=C/C(=O)O[C@H]([C@@H](C)[C@@H](O)[C@@H](C)CCC(=O)[C@H](C)[C@H](OC(C)=O)[C@H](C)/C=C/N(C)C=O)[C@@H](C)[C@H](OC)C[C@H](OC)[C@]2(CO2)[C@@H](OC)C[C@@H]2CC=C[C@@H](C1)O2. The molecule has 3 aliphatic heterocycles. The fourth-order valence-corrected chi connectivity index (χ4v) is 8.79. The van der Waals surface area contributed by atoms with Gasteiger partial charge in [0.25, 0.3) is 0 Å². The molecule has 0 aromatic rings. The number of aliphatic hydroxyl groups is 1. The molecule has 15 atom stereocenters. The molecule has 1 spiro atoms. The van der Waals surface area contributed by atoms with Crippen LogP contribution in [0.2, 0.25) is 0 Å². The lowest BCUT2D eigenvalue weighted by Crippen LogP contribution is -2.50. The first kappa shape index (κ1) is 52.1. The summed E-state index contributed by atoms with van der Waals surface area (Å²) in [6.45, 7) is 12.8. The van der Waals surface area contributed by atoms with Gasteiger partial charge in [0, 0.05) is 98.1 Å². The van der Waals surface area contributed by atoms with E-state index >= 15 is 0 Å². The molecule has 14 heteroatoms. The summed E-state index contributed by atoms with van der Waals surface area (Å²) in [5.74, 6) is -3.60. The lowest BCUT2D eigenvalue weighted by atomic mass is 9.78. The van der Waals surface area contributed by atoms with Crippen LogP contribution in [-0.2, 0) is 57.1 Å². The van der Waals surface area contributed by atoms with E-state index in [0.717, 1.165) is 12.0 Å². The summed E-state index contributed by atoms with van der Waals surface area (Å²) in [6, 6.07) is 0. The molecule has 1 saturated heterocycles. The minimum absolute atomic E-state index is 0.0943. The third kappa shape index (κ3) is 15.2. The van der Waals surface area contributed by atoms with E-state index in [9.17, 15) is 24.3 Å². The van der Waals surface area contributed by atoms with Crippen molar-refractivity contribution in [3.05, 3.63) is 48.2 Å². The monoisotopic (exact) mass is 862 g/mol. The lowest BCUT2D eigenvalue weighted by Gasteiger charge is -2.39. The van der Waals surface area contributed by atoms with Gasteiger partial charge in [-0.1, -0.05) is 70.6 Å². The van der Waals surface area contributed by atoms with Crippen molar-refractivity contribution in [3.8, 4) is 0 Å². The molecule has 0 aromatic carbocycles. The zero-order valence-electron chi connectivity index (χ0n) is 38.7. The number of rotatable bonds is 17. The van der Waals surface area contributed by atoms with Crippen molar-refractivity contribution in [2.24, 2.45) is 29.6 Å². The van der Waals surface area contributed by atoms with Crippen LogP contribution >= 0.6 is 0 Å². The summed E-state index contributed by atoms with van der Waals surface area (Å²) < 4.78 is 48.8. The van der Waals surface area contributed by atoms with Crippen LogP contribution in [0.3, 0.4) is 0 Å². The number of aliphatic hydroxyl groups excluding tert-OH is 1. The zero-order chi connectivity index (χ0) is 45.4. The van der Waals surface area contributed by atoms with E-state index < -0.39 is 65.8 Å². The number of allylic oxidation sites excluding steroid dienone is 2. The molecule has 0 aromatic heterocycles. The minimum Gasteiger partial charge on any atom is -0.461 e. The smallest absolute Gasteiger partial charge is 0.331 e. The number of epoxide rings is 1. The Hall–Kier alpha value is -3.24. The number of cyclic esters (lactones) is 1. The van der Waals surface area contributed by atoms with E-state index in [1.165, 1.54) is 17.9 Å². The van der Waals surface area contributed by atoms with E-state index in [1.807, 2.05) is 40.7 Å². The van der Waals surface area contributed by atoms with Crippen LogP contribution < -0.4 is 0 Å². The first-order valence-electron chi connectivity index (χ1n) is 21.8. The van der Waals surface area contributed by atoms with Gasteiger partial charge in [0.15, 0.2) is 0 Å². The van der Waals surface area contributed by atoms with Crippen LogP contribution in [0.5, 0.6) is 0 Å². The van der Waals surface area contributed by atoms with Gasteiger partial charge in [-0.05, 0) is 32.1 Å². The Bertz CT molecular complexity index is 1520. The highest BCUT2D eigenvalue weighted by Crippen LogP contribution is 2.43. The Morgan fingerprint density at radius 3 is 2.26 bits per heavy atom. The van der Waals surface area contributed by atoms with Crippen LogP contribution in [-0.4, -0.2) is 137 Å². The van der Waals surface area contributed by atoms with Gasteiger partial charge in [-0.2, -0.15) is 0 Å². The van der Waals surface area contributed by atoms with Crippen molar-refractivity contribution >= 4 is 24.1 Å². The molecular formula is C47H75NO13. The Labute approximate surface area is 364 Å². The Morgan fingerprint density at radius 1 is 1.00 bits per heavy atom. The van der Waals surface area contributed by atoms with Crippen molar-refractivity contribution < 1.29 is 62.2 Å². The van der Waals surface area contributed by atoms with Crippen LogP contribution in [0.4, 0.5) is 0 Å². The minimum atomic E-state index is -0.976. The average molecular weight is 862 g/mol. The van der Waals surface area contributed by atoms with Crippen molar-refractivity contribution in [3.63, 3.8) is 0 Å². The standard InChI is InChI=1S/C47H75NO13/c1-29-16-19-36(54-9)24-37-14-13-15-38(60-37)25-41(56-11)47(27-58-47)42(57-12)26-40(55-10)33(5)46(61-43(52)21-17-29)34(6)44(53)30(2)18-20-39(51)32(4)45(59-35(7)50)31(3)22-23-48(8)28-49/h13-14,16-17,21-23,28,30-34,36-38,40-42,44-46,53H,15,18-20,24-27H2,1-12H3/b21-17-,23-22+,29-16-/t30-,31+,32-,33-,34-,36-,37-,38-,40+,41-,42-,44-,45+,46-,47-/m0/s1. The van der Waals surface area contributed by atoms with Crippen LogP contribution in [0.15, 0.2) is 48.2 Å². The lowest BCUT2D eigenvalue weighted by molar-refractivity contribution is -0.159. The summed E-state index contributed by atoms with van der Waals surface area (Å²) in [6.07, 6.45) is 12.6.